The predicted octanol–water partition coefficient (Wildman–Crippen LogP) is 19.9. The molecule has 0 aromatic carbocycles. The van der Waals surface area contributed by atoms with Gasteiger partial charge in [-0.25, -0.2) is 0 Å². The van der Waals surface area contributed by atoms with Crippen LogP contribution in [0.4, 0.5) is 0 Å². The van der Waals surface area contributed by atoms with Gasteiger partial charge < -0.3 is 15.5 Å². The molecule has 2 unspecified atom stereocenters. The van der Waals surface area contributed by atoms with Gasteiger partial charge in [0.15, 0.2) is 0 Å². The molecular formula is C64H115NO3. The van der Waals surface area contributed by atoms with E-state index in [2.05, 4.69) is 92.1 Å². The molecule has 394 valence electrons. The van der Waals surface area contributed by atoms with Crippen LogP contribution in [0.25, 0.3) is 0 Å². The maximum absolute atomic E-state index is 12.5. The summed E-state index contributed by atoms with van der Waals surface area (Å²) in [4.78, 5) is 12.5. The first-order chi connectivity index (χ1) is 33.7. The Hall–Kier alpha value is -2.43. The fraction of sp³-hybridized carbons (Fsp3) is 0.766. The lowest BCUT2D eigenvalue weighted by atomic mass is 10.0. The van der Waals surface area contributed by atoms with Gasteiger partial charge in [0.2, 0.25) is 5.91 Å². The number of allylic oxidation sites excluding steroid dienone is 13. The molecule has 0 saturated heterocycles. The highest BCUT2D eigenvalue weighted by Crippen LogP contribution is 2.17. The molecule has 0 fully saturated rings. The molecule has 0 aromatic rings. The van der Waals surface area contributed by atoms with Crippen LogP contribution in [-0.4, -0.2) is 34.9 Å². The molecule has 0 rings (SSSR count). The molecule has 3 N–H and O–H groups in total. The zero-order valence-corrected chi connectivity index (χ0v) is 45.4. The Morgan fingerprint density at radius 1 is 0.368 bits per heavy atom. The number of amides is 1. The van der Waals surface area contributed by atoms with Crippen LogP contribution >= 0.6 is 0 Å². The van der Waals surface area contributed by atoms with E-state index in [0.717, 1.165) is 77.0 Å². The van der Waals surface area contributed by atoms with Gasteiger partial charge in [-0.2, -0.15) is 0 Å². The number of hydrogen-bond donors (Lipinski definition) is 3. The molecule has 0 saturated carbocycles. The monoisotopic (exact) mass is 946 g/mol. The van der Waals surface area contributed by atoms with Gasteiger partial charge in [0.1, 0.15) is 0 Å². The van der Waals surface area contributed by atoms with Crippen LogP contribution in [0.15, 0.2) is 85.1 Å². The van der Waals surface area contributed by atoms with E-state index in [4.69, 9.17) is 0 Å². The summed E-state index contributed by atoms with van der Waals surface area (Å²) in [5, 5.41) is 23.2. The second-order valence-corrected chi connectivity index (χ2v) is 20.0. The quantitative estimate of drug-likeness (QED) is 0.0420. The highest BCUT2D eigenvalue weighted by atomic mass is 16.3. The first kappa shape index (κ1) is 65.6. The molecule has 0 radical (unpaired) electrons. The first-order valence-corrected chi connectivity index (χ1v) is 29.8. The van der Waals surface area contributed by atoms with Crippen molar-refractivity contribution in [2.75, 3.05) is 6.61 Å². The van der Waals surface area contributed by atoms with Crippen molar-refractivity contribution in [3.63, 3.8) is 0 Å². The van der Waals surface area contributed by atoms with Crippen molar-refractivity contribution in [1.29, 1.82) is 0 Å². The van der Waals surface area contributed by atoms with E-state index in [-0.39, 0.29) is 12.5 Å². The predicted molar refractivity (Wildman–Crippen MR) is 303 cm³/mol. The number of carbonyl (C=O) groups is 1. The fourth-order valence-corrected chi connectivity index (χ4v) is 8.87. The third-order valence-electron chi connectivity index (χ3n) is 13.4. The zero-order chi connectivity index (χ0) is 49.2. The fourth-order valence-electron chi connectivity index (χ4n) is 8.87. The van der Waals surface area contributed by atoms with Crippen LogP contribution in [0.5, 0.6) is 0 Å². The van der Waals surface area contributed by atoms with Crippen molar-refractivity contribution in [3.8, 4) is 0 Å². The Morgan fingerprint density at radius 2 is 0.662 bits per heavy atom. The molecule has 0 heterocycles. The molecule has 0 aliphatic heterocycles. The number of aliphatic hydroxyl groups excluding tert-OH is 2. The second kappa shape index (κ2) is 58.9. The minimum atomic E-state index is -0.874. The molecule has 2 atom stereocenters. The Bertz CT molecular complexity index is 1210. The molecule has 4 heteroatoms. The highest BCUT2D eigenvalue weighted by Gasteiger charge is 2.18. The van der Waals surface area contributed by atoms with Gasteiger partial charge in [-0.15, -0.1) is 0 Å². The average Bonchev–Trinajstić information content (AvgIpc) is 3.34. The summed E-state index contributed by atoms with van der Waals surface area (Å²) < 4.78 is 0. The van der Waals surface area contributed by atoms with Gasteiger partial charge in [-0.3, -0.25) is 4.79 Å². The lowest BCUT2D eigenvalue weighted by Gasteiger charge is -2.19. The molecule has 0 bridgehead atoms. The lowest BCUT2D eigenvalue weighted by molar-refractivity contribution is -0.123. The maximum atomic E-state index is 12.5. The van der Waals surface area contributed by atoms with E-state index in [1.54, 1.807) is 6.08 Å². The lowest BCUT2D eigenvalue weighted by Crippen LogP contribution is -2.45. The largest absolute Gasteiger partial charge is 0.394 e. The molecule has 0 spiro atoms. The number of aliphatic hydroxyl groups is 2. The third kappa shape index (κ3) is 54.5. The zero-order valence-electron chi connectivity index (χ0n) is 45.4. The van der Waals surface area contributed by atoms with Crippen molar-refractivity contribution in [2.24, 2.45) is 0 Å². The van der Waals surface area contributed by atoms with Crippen molar-refractivity contribution in [2.45, 2.75) is 309 Å². The smallest absolute Gasteiger partial charge is 0.220 e. The minimum Gasteiger partial charge on any atom is -0.394 e. The SMILES string of the molecule is CC/C=C\C/C=C\C/C=C\C/C=C\C/C=C\CCCCCCCCCC(=O)NC(CO)C(O)/C=C/CC/C=C/CCCCCCCCCCCCCCCCCCCCCCCCCCCCC. The van der Waals surface area contributed by atoms with E-state index < -0.39 is 12.1 Å². The molecule has 1 amide bonds. The number of hydrogen-bond acceptors (Lipinski definition) is 3. The summed E-state index contributed by atoms with van der Waals surface area (Å²) in [5.41, 5.74) is 0. The molecule has 0 aliphatic carbocycles. The van der Waals surface area contributed by atoms with Gasteiger partial charge in [0.25, 0.3) is 0 Å². The Labute approximate surface area is 424 Å². The van der Waals surface area contributed by atoms with E-state index in [0.29, 0.717) is 6.42 Å². The highest BCUT2D eigenvalue weighted by molar-refractivity contribution is 5.76. The van der Waals surface area contributed by atoms with E-state index in [9.17, 15) is 15.0 Å². The topological polar surface area (TPSA) is 69.6 Å². The number of rotatable bonds is 54. The van der Waals surface area contributed by atoms with Gasteiger partial charge in [0.05, 0.1) is 18.8 Å². The second-order valence-electron chi connectivity index (χ2n) is 20.0. The molecular weight excluding hydrogens is 831 g/mol. The van der Waals surface area contributed by atoms with Crippen LogP contribution in [0.2, 0.25) is 0 Å². The van der Waals surface area contributed by atoms with Crippen LogP contribution in [0.3, 0.4) is 0 Å². The van der Waals surface area contributed by atoms with Gasteiger partial charge in [-0.1, -0.05) is 298 Å². The van der Waals surface area contributed by atoms with Crippen molar-refractivity contribution in [1.82, 2.24) is 5.32 Å². The molecule has 0 aliphatic rings. The number of carbonyl (C=O) groups excluding carboxylic acids is 1. The van der Waals surface area contributed by atoms with Crippen LogP contribution in [0.1, 0.15) is 296 Å². The van der Waals surface area contributed by atoms with E-state index in [1.165, 1.54) is 199 Å². The summed E-state index contributed by atoms with van der Waals surface area (Å²) in [7, 11) is 0. The van der Waals surface area contributed by atoms with Gasteiger partial charge >= 0.3 is 0 Å². The van der Waals surface area contributed by atoms with Crippen molar-refractivity contribution in [3.05, 3.63) is 85.1 Å². The van der Waals surface area contributed by atoms with E-state index >= 15 is 0 Å². The molecule has 4 nitrogen and oxygen atoms in total. The first-order valence-electron chi connectivity index (χ1n) is 29.8. The number of nitrogens with one attached hydrogen (secondary N) is 1. The average molecular weight is 947 g/mol. The standard InChI is InChI=1S/C64H115NO3/c1-3-5-7-9-11-13-15-17-19-21-23-25-27-28-29-30-31-32-33-34-35-36-38-39-41-43-45-47-49-51-53-55-57-59-63(67)62(61-66)65-64(68)60-58-56-54-52-50-48-46-44-42-40-37-26-24-22-20-18-16-14-12-10-8-6-4-2/h6,8,12,14,18,20,24,26,40,42,49,51,57,59,62-63,66-67H,3-5,7,9-11,13,15-17,19,21-23,25,27-39,41,43-48,50,52-56,58,60-61H2,1-2H3,(H,65,68)/b8-6-,14-12-,20-18-,26-24-,42-40-,51-49+,59-57+. The van der Waals surface area contributed by atoms with Crippen molar-refractivity contribution >= 4 is 5.91 Å². The summed E-state index contributed by atoms with van der Waals surface area (Å²) in [6.07, 6.45) is 86.2. The summed E-state index contributed by atoms with van der Waals surface area (Å²) in [6.45, 7) is 4.20. The Kier molecular flexibility index (Phi) is 56.8. The summed E-state index contributed by atoms with van der Waals surface area (Å²) in [5.74, 6) is -0.0855. The van der Waals surface area contributed by atoms with Gasteiger partial charge in [-0.05, 0) is 77.0 Å². The molecule has 0 aromatic heterocycles. The normalized spacial score (nSPS) is 13.4. The van der Waals surface area contributed by atoms with Crippen molar-refractivity contribution < 1.29 is 15.0 Å². The number of unbranched alkanes of at least 4 members (excludes halogenated alkanes) is 35. The van der Waals surface area contributed by atoms with Crippen LogP contribution in [0, 0.1) is 0 Å². The summed E-state index contributed by atoms with van der Waals surface area (Å²) >= 11 is 0. The van der Waals surface area contributed by atoms with Gasteiger partial charge in [0, 0.05) is 6.42 Å². The third-order valence-corrected chi connectivity index (χ3v) is 13.4. The van der Waals surface area contributed by atoms with Crippen LogP contribution < -0.4 is 5.32 Å². The summed E-state index contributed by atoms with van der Waals surface area (Å²) in [6, 6.07) is -0.652. The Balaban J connectivity index is 3.54. The maximum Gasteiger partial charge on any atom is 0.220 e. The van der Waals surface area contributed by atoms with Crippen LogP contribution in [-0.2, 0) is 4.79 Å². The Morgan fingerprint density at radius 3 is 1.03 bits per heavy atom. The minimum absolute atomic E-state index is 0.0855. The van der Waals surface area contributed by atoms with E-state index in [1.807, 2.05) is 6.08 Å². The molecule has 68 heavy (non-hydrogen) atoms.